The van der Waals surface area contributed by atoms with Crippen molar-refractivity contribution < 1.29 is 9.90 Å². The highest BCUT2D eigenvalue weighted by Crippen LogP contribution is 2.42. The van der Waals surface area contributed by atoms with E-state index in [9.17, 15) is 4.79 Å². The van der Waals surface area contributed by atoms with Gasteiger partial charge in [-0.25, -0.2) is 0 Å². The average Bonchev–Trinajstić information content (AvgIpc) is 3.19. The molecule has 0 bridgehead atoms. The third-order valence-corrected chi connectivity index (χ3v) is 5.19. The number of carboxylic acid groups (broad SMARTS) is 1. The van der Waals surface area contributed by atoms with Crippen LogP contribution in [0.3, 0.4) is 0 Å². The quantitative estimate of drug-likeness (QED) is 0.842. The van der Waals surface area contributed by atoms with E-state index in [1.54, 1.807) is 0 Å². The van der Waals surface area contributed by atoms with Gasteiger partial charge in [0, 0.05) is 18.6 Å². The Morgan fingerprint density at radius 1 is 1.29 bits per heavy atom. The Labute approximate surface area is 128 Å². The summed E-state index contributed by atoms with van der Waals surface area (Å²) in [6, 6.07) is 0.927. The number of nitrogens with zero attached hydrogens (tertiary/aromatic N) is 4. The van der Waals surface area contributed by atoms with Gasteiger partial charge < -0.3 is 10.0 Å². The minimum Gasteiger partial charge on any atom is -0.481 e. The molecular formula is C14H22N4O2S. The first-order chi connectivity index (χ1) is 10.1. The number of aromatic nitrogens is 3. The molecule has 7 heteroatoms. The van der Waals surface area contributed by atoms with Crippen LogP contribution in [0.25, 0.3) is 0 Å². The van der Waals surface area contributed by atoms with Crippen LogP contribution in [0.15, 0.2) is 5.16 Å². The molecular weight excluding hydrogens is 288 g/mol. The molecule has 0 amide bonds. The normalized spacial score (nSPS) is 26.1. The summed E-state index contributed by atoms with van der Waals surface area (Å²) in [7, 11) is 0. The molecule has 6 nitrogen and oxygen atoms in total. The van der Waals surface area contributed by atoms with Crippen LogP contribution >= 0.6 is 11.8 Å². The Morgan fingerprint density at radius 3 is 2.71 bits per heavy atom. The third kappa shape index (κ3) is 3.17. The fourth-order valence-corrected chi connectivity index (χ4v) is 3.63. The number of aliphatic carboxylic acids is 1. The number of hydrogen-bond acceptors (Lipinski definition) is 5. The lowest BCUT2D eigenvalue weighted by Crippen LogP contribution is -2.42. The van der Waals surface area contributed by atoms with E-state index >= 15 is 0 Å². The number of anilines is 1. The summed E-state index contributed by atoms with van der Waals surface area (Å²) in [6.45, 7) is 5.52. The first-order valence-electron chi connectivity index (χ1n) is 7.62. The van der Waals surface area contributed by atoms with Crippen molar-refractivity contribution in [3.8, 4) is 0 Å². The molecule has 1 aromatic rings. The highest BCUT2D eigenvalue weighted by atomic mass is 32.2. The molecule has 2 atom stereocenters. The van der Waals surface area contributed by atoms with Gasteiger partial charge in [-0.15, -0.1) is 10.2 Å². The van der Waals surface area contributed by atoms with E-state index in [0.29, 0.717) is 18.0 Å². The molecule has 1 saturated heterocycles. The molecule has 21 heavy (non-hydrogen) atoms. The summed E-state index contributed by atoms with van der Waals surface area (Å²) in [4.78, 5) is 13.1. The first-order valence-corrected chi connectivity index (χ1v) is 8.61. The van der Waals surface area contributed by atoms with Gasteiger partial charge in [0.15, 0.2) is 5.16 Å². The molecule has 0 spiro atoms. The van der Waals surface area contributed by atoms with Gasteiger partial charge in [-0.3, -0.25) is 9.36 Å². The Kier molecular flexibility index (Phi) is 4.10. The summed E-state index contributed by atoms with van der Waals surface area (Å²) in [6.07, 6.45) is 4.72. The molecule has 2 heterocycles. The highest BCUT2D eigenvalue weighted by Gasteiger charge is 2.34. The van der Waals surface area contributed by atoms with E-state index in [-0.39, 0.29) is 5.75 Å². The van der Waals surface area contributed by atoms with E-state index in [2.05, 4.69) is 33.5 Å². The molecule has 3 rings (SSSR count). The summed E-state index contributed by atoms with van der Waals surface area (Å²) in [5.74, 6) is 0.827. The number of hydrogen-bond donors (Lipinski definition) is 1. The predicted molar refractivity (Wildman–Crippen MR) is 81.9 cm³/mol. The average molecular weight is 310 g/mol. The second-order valence-corrected chi connectivity index (χ2v) is 7.19. The van der Waals surface area contributed by atoms with E-state index in [1.807, 2.05) is 0 Å². The maximum atomic E-state index is 10.8. The van der Waals surface area contributed by atoms with Crippen molar-refractivity contribution in [3.05, 3.63) is 0 Å². The van der Waals surface area contributed by atoms with Gasteiger partial charge >= 0.3 is 5.97 Å². The van der Waals surface area contributed by atoms with Crippen molar-refractivity contribution in [2.45, 2.75) is 56.8 Å². The summed E-state index contributed by atoms with van der Waals surface area (Å²) >= 11 is 1.27. The molecule has 2 aliphatic rings. The minimum atomic E-state index is -0.813. The third-order valence-electron chi connectivity index (χ3n) is 4.26. The summed E-state index contributed by atoms with van der Waals surface area (Å²) < 4.78 is 2.17. The van der Waals surface area contributed by atoms with Gasteiger partial charge in [-0.05, 0) is 38.5 Å². The number of carbonyl (C=O) groups is 1. The van der Waals surface area contributed by atoms with Crippen LogP contribution in [0.5, 0.6) is 0 Å². The Balaban J connectivity index is 1.85. The van der Waals surface area contributed by atoms with Crippen molar-refractivity contribution in [3.63, 3.8) is 0 Å². The smallest absolute Gasteiger partial charge is 0.313 e. The molecule has 1 aliphatic carbocycles. The molecule has 1 N–H and O–H groups in total. The number of piperidine rings is 1. The van der Waals surface area contributed by atoms with E-state index in [1.165, 1.54) is 24.6 Å². The van der Waals surface area contributed by atoms with E-state index < -0.39 is 5.97 Å². The molecule has 2 unspecified atom stereocenters. The lowest BCUT2D eigenvalue weighted by molar-refractivity contribution is -0.133. The number of rotatable bonds is 5. The van der Waals surface area contributed by atoms with Crippen LogP contribution in [0.2, 0.25) is 0 Å². The Bertz CT molecular complexity index is 529. The fraction of sp³-hybridized carbons (Fsp3) is 0.786. The molecule has 1 saturated carbocycles. The zero-order valence-corrected chi connectivity index (χ0v) is 13.3. The van der Waals surface area contributed by atoms with Crippen LogP contribution in [0.1, 0.15) is 45.6 Å². The van der Waals surface area contributed by atoms with Crippen molar-refractivity contribution in [2.24, 2.45) is 5.92 Å². The maximum absolute atomic E-state index is 10.8. The minimum absolute atomic E-state index is 0.0385. The van der Waals surface area contributed by atoms with Gasteiger partial charge in [-0.2, -0.15) is 0 Å². The lowest BCUT2D eigenvalue weighted by atomic mass is 9.95. The number of thioether (sulfide) groups is 1. The highest BCUT2D eigenvalue weighted by molar-refractivity contribution is 7.99. The van der Waals surface area contributed by atoms with Gasteiger partial charge in [0.1, 0.15) is 0 Å². The van der Waals surface area contributed by atoms with Crippen LogP contribution in [0, 0.1) is 5.92 Å². The lowest BCUT2D eigenvalue weighted by Gasteiger charge is -2.37. The fourth-order valence-electron chi connectivity index (χ4n) is 2.91. The molecule has 0 aromatic carbocycles. The largest absolute Gasteiger partial charge is 0.481 e. The zero-order chi connectivity index (χ0) is 15.0. The van der Waals surface area contributed by atoms with Crippen LogP contribution in [0.4, 0.5) is 5.95 Å². The van der Waals surface area contributed by atoms with Gasteiger partial charge in [0.25, 0.3) is 0 Å². The van der Waals surface area contributed by atoms with Gasteiger partial charge in [-0.1, -0.05) is 18.7 Å². The molecule has 2 fully saturated rings. The van der Waals surface area contributed by atoms with Gasteiger partial charge in [0.05, 0.1) is 5.75 Å². The van der Waals surface area contributed by atoms with Gasteiger partial charge in [0.2, 0.25) is 5.95 Å². The Morgan fingerprint density at radius 2 is 2.05 bits per heavy atom. The zero-order valence-electron chi connectivity index (χ0n) is 12.5. The first kappa shape index (κ1) is 14.7. The molecule has 1 aliphatic heterocycles. The van der Waals surface area contributed by atoms with Crippen molar-refractivity contribution in [1.29, 1.82) is 0 Å². The van der Waals surface area contributed by atoms with E-state index in [4.69, 9.17) is 5.11 Å². The molecule has 116 valence electrons. The van der Waals surface area contributed by atoms with E-state index in [0.717, 1.165) is 30.5 Å². The number of carboxylic acids is 1. The summed E-state index contributed by atoms with van der Waals surface area (Å²) in [5.41, 5.74) is 0. The summed E-state index contributed by atoms with van der Waals surface area (Å²) in [5, 5.41) is 18.3. The Hall–Kier alpha value is -1.24. The van der Waals surface area contributed by atoms with Crippen molar-refractivity contribution in [2.75, 3.05) is 17.2 Å². The molecule has 1 aromatic heterocycles. The SMILES string of the molecule is CC1CCC(C)N(c2nnc(SCC(=O)O)n2C2CC2)C1. The van der Waals surface area contributed by atoms with Crippen LogP contribution < -0.4 is 4.90 Å². The second kappa shape index (κ2) is 5.87. The monoisotopic (exact) mass is 310 g/mol. The predicted octanol–water partition coefficient (Wildman–Crippen LogP) is 2.41. The van der Waals surface area contributed by atoms with Crippen molar-refractivity contribution in [1.82, 2.24) is 14.8 Å². The molecule has 0 radical (unpaired) electrons. The van der Waals surface area contributed by atoms with Crippen molar-refractivity contribution >= 4 is 23.7 Å². The maximum Gasteiger partial charge on any atom is 0.313 e. The van der Waals surface area contributed by atoms with Crippen LogP contribution in [-0.2, 0) is 4.79 Å². The van der Waals surface area contributed by atoms with Crippen LogP contribution in [-0.4, -0.2) is 44.2 Å². The topological polar surface area (TPSA) is 71.2 Å². The second-order valence-electron chi connectivity index (χ2n) is 6.25. The standard InChI is InChI=1S/C14H22N4O2S/c1-9-3-4-10(2)17(7-9)13-15-16-14(21-8-12(19)20)18(13)11-5-6-11/h9-11H,3-8H2,1-2H3,(H,19,20).